The summed E-state index contributed by atoms with van der Waals surface area (Å²) in [6, 6.07) is 93.4. The van der Waals surface area contributed by atoms with Gasteiger partial charge in [-0.3, -0.25) is 9.97 Å². The monoisotopic (exact) mass is 1000 g/mol. The first kappa shape index (κ1) is 52.1. The summed E-state index contributed by atoms with van der Waals surface area (Å²) < 4.78 is 1.09. The summed E-state index contributed by atoms with van der Waals surface area (Å²) in [5.74, 6) is 0. The fourth-order valence-electron chi connectivity index (χ4n) is 8.15. The average Bonchev–Trinajstić information content (AvgIpc) is 3.44. The predicted molar refractivity (Wildman–Crippen MR) is 300 cm³/mol. The van der Waals surface area contributed by atoms with Gasteiger partial charge in [0, 0.05) is 28.0 Å². The average molecular weight is 1010 g/mol. The van der Waals surface area contributed by atoms with E-state index < -0.39 is 15.5 Å². The first-order valence-corrected chi connectivity index (χ1v) is 28.6. The van der Waals surface area contributed by atoms with E-state index in [-0.39, 0.29) is 18.9 Å². The third-order valence-corrected chi connectivity index (χ3v) is 22.1. The number of nitrogens with zero attached hydrogens (tertiary/aromatic N) is 2. The van der Waals surface area contributed by atoms with Crippen LogP contribution < -0.4 is 55.2 Å². The minimum absolute atomic E-state index is 0. The van der Waals surface area contributed by atoms with Crippen LogP contribution in [0.1, 0.15) is 12.8 Å². The van der Waals surface area contributed by atoms with Crippen molar-refractivity contribution in [1.29, 1.82) is 0 Å². The van der Waals surface area contributed by atoms with Gasteiger partial charge in [-0.2, -0.15) is 0 Å². The Morgan fingerprint density at radius 3 is 0.913 bits per heavy atom. The SMILES string of the molecule is Brc1ccc(-c2ccccn2)cc1.Cl[Si](c1ccccc1)(c1ccccc1)c1ccccc1.[CH2+]CC[CH2-].[Li+].c1ccc([Si](c2ccccc2)(c2ccccc2)c2ccc(-c3ccccn3)cc2)cc1. The van der Waals surface area contributed by atoms with Crippen LogP contribution in [0.3, 0.4) is 0 Å². The molecule has 2 heterocycles. The Morgan fingerprint density at radius 2 is 0.638 bits per heavy atom. The van der Waals surface area contributed by atoms with Crippen molar-refractivity contribution in [3.05, 3.63) is 298 Å². The number of pyridine rings is 2. The number of aromatic nitrogens is 2. The quantitative estimate of drug-likeness (QED) is 0.0593. The maximum Gasteiger partial charge on any atom is 1.00 e. The number of halogens is 2. The van der Waals surface area contributed by atoms with Gasteiger partial charge in [-0.25, -0.2) is 0 Å². The maximum atomic E-state index is 7.25. The molecule has 334 valence electrons. The van der Waals surface area contributed by atoms with Crippen molar-refractivity contribution in [2.45, 2.75) is 12.8 Å². The number of benzene rings is 8. The van der Waals surface area contributed by atoms with E-state index in [1.165, 1.54) is 36.3 Å². The molecule has 0 saturated carbocycles. The van der Waals surface area contributed by atoms with Gasteiger partial charge in [0.2, 0.25) is 7.38 Å². The molecule has 0 amide bonds. The predicted octanol–water partition coefficient (Wildman–Crippen LogP) is 8.97. The first-order chi connectivity index (χ1) is 33.5. The second-order valence-corrected chi connectivity index (χ2v) is 25.3. The van der Waals surface area contributed by atoms with Gasteiger partial charge in [0.1, 0.15) is 0 Å². The summed E-state index contributed by atoms with van der Waals surface area (Å²) in [6.07, 6.45) is 5.57. The Kier molecular flexibility index (Phi) is 20.4. The van der Waals surface area contributed by atoms with Crippen LogP contribution >= 0.6 is 27.0 Å². The Morgan fingerprint density at radius 1 is 0.377 bits per heavy atom. The summed E-state index contributed by atoms with van der Waals surface area (Å²) in [6.45, 7) is 7.08. The van der Waals surface area contributed by atoms with Crippen molar-refractivity contribution >= 4 is 78.8 Å². The zero-order valence-electron chi connectivity index (χ0n) is 39.0. The summed E-state index contributed by atoms with van der Waals surface area (Å²) in [4.78, 5) is 8.79. The molecule has 69 heavy (non-hydrogen) atoms. The molecule has 8 aromatic carbocycles. The standard InChI is InChI=1S/C29H23NSi.C18H15ClSi.C11H8BrN.C4H8.Li/c1-4-12-25(13-5-1)31(26-14-6-2-7-15-26,27-16-8-3-9-17-27)28-21-19-24(20-22-28)29-18-10-11-23-30-29;19-20(16-10-4-1-5-11-16,17-12-6-2-7-13-17)18-14-8-3-9-15-18;12-10-6-4-9(5-7-10)11-3-1-2-8-13-11;1-3-4-2;/h1-23H;1-15H;1-8H;1-4H2;/q;;;;+1. The largest absolute Gasteiger partial charge is 1.00 e. The topological polar surface area (TPSA) is 25.8 Å². The van der Waals surface area contributed by atoms with E-state index in [0.29, 0.717) is 0 Å². The van der Waals surface area contributed by atoms with Gasteiger partial charge >= 0.3 is 18.9 Å². The van der Waals surface area contributed by atoms with Crippen molar-refractivity contribution in [2.24, 2.45) is 0 Å². The van der Waals surface area contributed by atoms with Crippen LogP contribution in [-0.4, -0.2) is 25.4 Å². The Balaban J connectivity index is 0.000000176. The van der Waals surface area contributed by atoms with E-state index in [2.05, 4.69) is 234 Å². The van der Waals surface area contributed by atoms with Gasteiger partial charge in [0.25, 0.3) is 0 Å². The van der Waals surface area contributed by atoms with E-state index in [4.69, 9.17) is 11.1 Å². The molecule has 0 atom stereocenters. The molecule has 0 saturated heterocycles. The van der Waals surface area contributed by atoms with E-state index in [0.717, 1.165) is 39.8 Å². The molecule has 0 aliphatic rings. The van der Waals surface area contributed by atoms with Crippen LogP contribution in [0.5, 0.6) is 0 Å². The molecule has 0 N–H and O–H groups in total. The van der Waals surface area contributed by atoms with Crippen LogP contribution in [0.25, 0.3) is 22.5 Å². The van der Waals surface area contributed by atoms with Crippen molar-refractivity contribution in [1.82, 2.24) is 9.97 Å². The van der Waals surface area contributed by atoms with Gasteiger partial charge in [-0.1, -0.05) is 246 Å². The maximum absolute atomic E-state index is 7.25. The Hall–Kier alpha value is -6.27. The molecule has 2 aromatic heterocycles. The van der Waals surface area contributed by atoms with Crippen LogP contribution in [0.15, 0.2) is 284 Å². The number of unbranched alkanes of at least 4 members (excludes halogenated alkanes) is 1. The van der Waals surface area contributed by atoms with Crippen molar-refractivity contribution in [3.8, 4) is 22.5 Å². The van der Waals surface area contributed by atoms with Gasteiger partial charge in [-0.05, 0) is 72.7 Å². The van der Waals surface area contributed by atoms with Crippen molar-refractivity contribution in [2.75, 3.05) is 0 Å². The molecular formula is C62H54BrClLiN2Si2+. The zero-order chi connectivity index (χ0) is 47.3. The number of hydrogen-bond acceptors (Lipinski definition) is 2. The molecule has 2 nitrogen and oxygen atoms in total. The fraction of sp³-hybridized carbons (Fsp3) is 0.0323. The smallest absolute Gasteiger partial charge is 0.339 e. The minimum Gasteiger partial charge on any atom is -0.339 e. The van der Waals surface area contributed by atoms with Gasteiger partial charge < -0.3 is 6.92 Å². The first-order valence-electron chi connectivity index (χ1n) is 22.8. The van der Waals surface area contributed by atoms with Gasteiger partial charge in [0.15, 0.2) is 8.07 Å². The molecule has 0 aliphatic carbocycles. The Bertz CT molecular complexity index is 2750. The number of hydrogen-bond donors (Lipinski definition) is 0. The molecule has 0 aliphatic heterocycles. The molecule has 0 bridgehead atoms. The molecular weight excluding hydrogens is 951 g/mol. The summed E-state index contributed by atoms with van der Waals surface area (Å²) >= 11 is 10.7. The second-order valence-electron chi connectivity index (χ2n) is 15.8. The third kappa shape index (κ3) is 13.3. The molecule has 0 radical (unpaired) electrons. The Labute approximate surface area is 437 Å². The summed E-state index contributed by atoms with van der Waals surface area (Å²) in [5, 5.41) is 9.20. The van der Waals surface area contributed by atoms with E-state index in [1.54, 1.807) is 6.20 Å². The summed E-state index contributed by atoms with van der Waals surface area (Å²) in [7, 11) is -4.85. The normalized spacial score (nSPS) is 10.6. The van der Waals surface area contributed by atoms with Crippen molar-refractivity contribution in [3.63, 3.8) is 0 Å². The van der Waals surface area contributed by atoms with Crippen molar-refractivity contribution < 1.29 is 18.9 Å². The molecule has 0 unspecified atom stereocenters. The van der Waals surface area contributed by atoms with Crippen LogP contribution in [0.2, 0.25) is 0 Å². The van der Waals surface area contributed by atoms with E-state index >= 15 is 0 Å². The molecule has 0 spiro atoms. The molecule has 10 rings (SSSR count). The summed E-state index contributed by atoms with van der Waals surface area (Å²) in [5.41, 5.74) is 4.29. The molecule has 10 aromatic rings. The molecule has 0 fully saturated rings. The number of rotatable bonds is 10. The van der Waals surface area contributed by atoms with E-state index in [9.17, 15) is 0 Å². The third-order valence-electron chi connectivity index (χ3n) is 11.5. The van der Waals surface area contributed by atoms with Crippen LogP contribution in [0.4, 0.5) is 0 Å². The van der Waals surface area contributed by atoms with Gasteiger partial charge in [0.05, 0.1) is 24.7 Å². The minimum atomic E-state index is -2.44. The zero-order valence-corrected chi connectivity index (χ0v) is 43.4. The van der Waals surface area contributed by atoms with E-state index in [1.807, 2.05) is 79.0 Å². The van der Waals surface area contributed by atoms with Crippen LogP contribution in [-0.2, 0) is 0 Å². The van der Waals surface area contributed by atoms with Crippen LogP contribution in [0, 0.1) is 13.8 Å². The fourth-order valence-corrected chi connectivity index (χ4v) is 17.2. The molecule has 7 heteroatoms. The second kappa shape index (κ2) is 27.1. The van der Waals surface area contributed by atoms with Gasteiger partial charge in [-0.15, -0.1) is 17.5 Å².